The van der Waals surface area contributed by atoms with E-state index in [1.54, 1.807) is 25.4 Å². The topological polar surface area (TPSA) is 51.2 Å². The molecule has 5 heteroatoms. The first kappa shape index (κ1) is 13.6. The van der Waals surface area contributed by atoms with Gasteiger partial charge in [-0.15, -0.1) is 0 Å². The number of methoxy groups -OCH3 is 1. The normalized spacial score (nSPS) is 10.6. The molecule has 21 heavy (non-hydrogen) atoms. The number of nitrogens with one attached hydrogen (secondary N) is 1. The van der Waals surface area contributed by atoms with Gasteiger partial charge < -0.3 is 10.1 Å². The van der Waals surface area contributed by atoms with Crippen LogP contribution in [0.3, 0.4) is 0 Å². The first-order valence-corrected chi connectivity index (χ1v) is 7.25. The SMILES string of the molecule is COc1ccc(C(=O)Nc2ccc3sncc3c2)cc1C. The van der Waals surface area contributed by atoms with Gasteiger partial charge in [0.1, 0.15) is 5.75 Å². The van der Waals surface area contributed by atoms with Gasteiger partial charge in [0.05, 0.1) is 11.8 Å². The molecule has 3 aromatic rings. The Balaban J connectivity index is 1.83. The number of fused-ring (bicyclic) bond motifs is 1. The molecule has 0 aliphatic rings. The number of hydrogen-bond donors (Lipinski definition) is 1. The number of nitrogens with zero attached hydrogens (tertiary/aromatic N) is 1. The molecule has 0 radical (unpaired) electrons. The lowest BCUT2D eigenvalue weighted by molar-refractivity contribution is 0.102. The molecular weight excluding hydrogens is 284 g/mol. The highest BCUT2D eigenvalue weighted by atomic mass is 32.1. The van der Waals surface area contributed by atoms with E-state index in [1.165, 1.54) is 11.5 Å². The molecule has 1 heterocycles. The fourth-order valence-corrected chi connectivity index (χ4v) is 2.80. The minimum Gasteiger partial charge on any atom is -0.496 e. The summed E-state index contributed by atoms with van der Waals surface area (Å²) in [5.41, 5.74) is 2.31. The highest BCUT2D eigenvalue weighted by molar-refractivity contribution is 7.13. The van der Waals surface area contributed by atoms with Gasteiger partial charge in [0.15, 0.2) is 0 Å². The van der Waals surface area contributed by atoms with E-state index in [2.05, 4.69) is 9.69 Å². The quantitative estimate of drug-likeness (QED) is 0.798. The first-order chi connectivity index (χ1) is 10.2. The van der Waals surface area contributed by atoms with Gasteiger partial charge in [0.2, 0.25) is 0 Å². The minimum atomic E-state index is -0.136. The first-order valence-electron chi connectivity index (χ1n) is 6.48. The summed E-state index contributed by atoms with van der Waals surface area (Å²) in [5.74, 6) is 0.639. The van der Waals surface area contributed by atoms with Gasteiger partial charge in [0.25, 0.3) is 5.91 Å². The molecule has 0 unspecified atom stereocenters. The Kier molecular flexibility index (Phi) is 3.58. The van der Waals surface area contributed by atoms with Gasteiger partial charge in [-0.05, 0) is 60.4 Å². The molecule has 1 amide bonds. The van der Waals surface area contributed by atoms with Crippen molar-refractivity contribution in [3.63, 3.8) is 0 Å². The highest BCUT2D eigenvalue weighted by Crippen LogP contribution is 2.23. The molecule has 4 nitrogen and oxygen atoms in total. The molecular formula is C16H14N2O2S. The third kappa shape index (κ3) is 2.73. The Morgan fingerprint density at radius 2 is 2.10 bits per heavy atom. The number of amides is 1. The number of rotatable bonds is 3. The number of ether oxygens (including phenoxy) is 1. The highest BCUT2D eigenvalue weighted by Gasteiger charge is 2.09. The van der Waals surface area contributed by atoms with E-state index in [9.17, 15) is 4.79 Å². The van der Waals surface area contributed by atoms with Gasteiger partial charge >= 0.3 is 0 Å². The molecule has 106 valence electrons. The molecule has 2 aromatic carbocycles. The molecule has 1 aromatic heterocycles. The fraction of sp³-hybridized carbons (Fsp3) is 0.125. The van der Waals surface area contributed by atoms with Crippen LogP contribution in [-0.4, -0.2) is 17.4 Å². The van der Waals surface area contributed by atoms with Crippen LogP contribution < -0.4 is 10.1 Å². The van der Waals surface area contributed by atoms with Gasteiger partial charge in [0, 0.05) is 22.8 Å². The summed E-state index contributed by atoms with van der Waals surface area (Å²) in [7, 11) is 1.62. The predicted octanol–water partition coefficient (Wildman–Crippen LogP) is 3.87. The fourth-order valence-electron chi connectivity index (χ4n) is 2.17. The maximum absolute atomic E-state index is 12.3. The molecule has 0 saturated carbocycles. The number of aromatic nitrogens is 1. The second-order valence-corrected chi connectivity index (χ2v) is 5.55. The summed E-state index contributed by atoms with van der Waals surface area (Å²) in [4.78, 5) is 12.3. The van der Waals surface area contributed by atoms with E-state index in [0.717, 1.165) is 27.1 Å². The standard InChI is InChI=1S/C16H14N2O2S/c1-10-7-11(3-5-14(10)20-2)16(19)18-13-4-6-15-12(8-13)9-17-21-15/h3-9H,1-2H3,(H,18,19). The van der Waals surface area contributed by atoms with Gasteiger partial charge in [-0.2, -0.15) is 4.37 Å². The molecule has 0 aliphatic heterocycles. The van der Waals surface area contributed by atoms with E-state index in [1.807, 2.05) is 31.2 Å². The van der Waals surface area contributed by atoms with Gasteiger partial charge in [-0.25, -0.2) is 0 Å². The summed E-state index contributed by atoms with van der Waals surface area (Å²) >= 11 is 1.44. The molecule has 1 N–H and O–H groups in total. The van der Waals surface area contributed by atoms with Crippen LogP contribution in [0, 0.1) is 6.92 Å². The van der Waals surface area contributed by atoms with Crippen molar-refractivity contribution in [2.75, 3.05) is 12.4 Å². The second kappa shape index (κ2) is 5.54. The lowest BCUT2D eigenvalue weighted by Crippen LogP contribution is -2.12. The Labute approximate surface area is 126 Å². The Morgan fingerprint density at radius 1 is 1.24 bits per heavy atom. The number of hydrogen-bond acceptors (Lipinski definition) is 4. The zero-order chi connectivity index (χ0) is 14.8. The molecule has 0 atom stereocenters. The van der Waals surface area contributed by atoms with E-state index >= 15 is 0 Å². The number of carbonyl (C=O) groups excluding carboxylic acids is 1. The van der Waals surface area contributed by atoms with Gasteiger partial charge in [-0.3, -0.25) is 4.79 Å². The van der Waals surface area contributed by atoms with Crippen molar-refractivity contribution >= 4 is 33.2 Å². The maximum atomic E-state index is 12.3. The Morgan fingerprint density at radius 3 is 2.86 bits per heavy atom. The van der Waals surface area contributed by atoms with Gasteiger partial charge in [-0.1, -0.05) is 0 Å². The van der Waals surface area contributed by atoms with E-state index in [0.29, 0.717) is 5.56 Å². The molecule has 0 saturated heterocycles. The Bertz CT molecular complexity index is 811. The van der Waals surface area contributed by atoms with Crippen molar-refractivity contribution in [3.8, 4) is 5.75 Å². The number of aryl methyl sites for hydroxylation is 1. The van der Waals surface area contributed by atoms with Crippen LogP contribution in [0.5, 0.6) is 5.75 Å². The van der Waals surface area contributed by atoms with Crippen LogP contribution in [0.25, 0.3) is 10.1 Å². The molecule has 0 fully saturated rings. The lowest BCUT2D eigenvalue weighted by Gasteiger charge is -2.08. The third-order valence-corrected chi connectivity index (χ3v) is 4.05. The summed E-state index contributed by atoms with van der Waals surface area (Å²) in [5, 5.41) is 3.93. The van der Waals surface area contributed by atoms with E-state index in [4.69, 9.17) is 4.74 Å². The summed E-state index contributed by atoms with van der Waals surface area (Å²) in [6.45, 7) is 1.92. The van der Waals surface area contributed by atoms with Crippen molar-refractivity contribution in [3.05, 3.63) is 53.7 Å². The van der Waals surface area contributed by atoms with Crippen molar-refractivity contribution in [2.24, 2.45) is 0 Å². The lowest BCUT2D eigenvalue weighted by atomic mass is 10.1. The van der Waals surface area contributed by atoms with Crippen LogP contribution in [0.2, 0.25) is 0 Å². The number of benzene rings is 2. The summed E-state index contributed by atoms with van der Waals surface area (Å²) in [6, 6.07) is 11.1. The number of anilines is 1. The van der Waals surface area contributed by atoms with Crippen molar-refractivity contribution in [1.82, 2.24) is 4.37 Å². The van der Waals surface area contributed by atoms with Crippen molar-refractivity contribution in [1.29, 1.82) is 0 Å². The number of carbonyl (C=O) groups is 1. The molecule has 0 bridgehead atoms. The van der Waals surface area contributed by atoms with Crippen LogP contribution in [0.4, 0.5) is 5.69 Å². The average molecular weight is 298 g/mol. The van der Waals surface area contributed by atoms with Crippen LogP contribution in [-0.2, 0) is 0 Å². The molecule has 3 rings (SSSR count). The van der Waals surface area contributed by atoms with Crippen LogP contribution in [0.15, 0.2) is 42.6 Å². The molecule has 0 spiro atoms. The summed E-state index contributed by atoms with van der Waals surface area (Å²) < 4.78 is 10.4. The van der Waals surface area contributed by atoms with Crippen molar-refractivity contribution < 1.29 is 9.53 Å². The predicted molar refractivity (Wildman–Crippen MR) is 85.3 cm³/mol. The Hall–Kier alpha value is -2.40. The summed E-state index contributed by atoms with van der Waals surface area (Å²) in [6.07, 6.45) is 1.80. The largest absolute Gasteiger partial charge is 0.496 e. The zero-order valence-corrected chi connectivity index (χ0v) is 12.5. The monoisotopic (exact) mass is 298 g/mol. The average Bonchev–Trinajstić information content (AvgIpc) is 2.94. The van der Waals surface area contributed by atoms with Crippen LogP contribution in [0.1, 0.15) is 15.9 Å². The van der Waals surface area contributed by atoms with E-state index < -0.39 is 0 Å². The van der Waals surface area contributed by atoms with Crippen molar-refractivity contribution in [2.45, 2.75) is 6.92 Å². The minimum absolute atomic E-state index is 0.136. The van der Waals surface area contributed by atoms with E-state index in [-0.39, 0.29) is 5.91 Å². The maximum Gasteiger partial charge on any atom is 0.255 e. The zero-order valence-electron chi connectivity index (χ0n) is 11.7. The van der Waals surface area contributed by atoms with Crippen LogP contribution >= 0.6 is 11.5 Å². The smallest absolute Gasteiger partial charge is 0.255 e. The third-order valence-electron chi connectivity index (χ3n) is 3.27. The second-order valence-electron chi connectivity index (χ2n) is 4.72. The molecule has 0 aliphatic carbocycles.